The van der Waals surface area contributed by atoms with Crippen LogP contribution in [0.3, 0.4) is 0 Å². The Morgan fingerprint density at radius 2 is 1.89 bits per heavy atom. The number of benzene rings is 1. The molecule has 0 bridgehead atoms. The van der Waals surface area contributed by atoms with Gasteiger partial charge in [0.2, 0.25) is 0 Å². The Balaban J connectivity index is 1.75. The Hall–Kier alpha value is -0.670. The lowest BCUT2D eigenvalue weighted by atomic mass is 9.96. The molecule has 2 fully saturated rings. The molecule has 0 saturated carbocycles. The van der Waals surface area contributed by atoms with Crippen molar-refractivity contribution in [2.45, 2.75) is 43.2 Å². The first kappa shape index (κ1) is 13.3. The van der Waals surface area contributed by atoms with E-state index >= 15 is 0 Å². The fourth-order valence-corrected chi connectivity index (χ4v) is 3.89. The molecule has 2 unspecified atom stereocenters. The molecule has 2 saturated heterocycles. The summed E-state index contributed by atoms with van der Waals surface area (Å²) >= 11 is 1.82. The van der Waals surface area contributed by atoms with Crippen LogP contribution in [-0.2, 0) is 0 Å². The summed E-state index contributed by atoms with van der Waals surface area (Å²) in [6.45, 7) is 6.12. The maximum Gasteiger partial charge on any atom is 0.0389 e. The van der Waals surface area contributed by atoms with E-state index in [1.807, 2.05) is 11.8 Å². The van der Waals surface area contributed by atoms with Crippen LogP contribution in [0.1, 0.15) is 26.2 Å². The second-order valence-electron chi connectivity index (χ2n) is 5.84. The quantitative estimate of drug-likeness (QED) is 0.764. The molecule has 3 heteroatoms. The summed E-state index contributed by atoms with van der Waals surface area (Å²) in [5.41, 5.74) is 1.40. The van der Waals surface area contributed by atoms with Crippen LogP contribution in [0.15, 0.2) is 29.2 Å². The zero-order valence-corrected chi connectivity index (χ0v) is 12.8. The number of piperazine rings is 1. The number of anilines is 1. The van der Waals surface area contributed by atoms with Gasteiger partial charge in [-0.15, -0.1) is 11.8 Å². The molecular weight excluding hydrogens is 252 g/mol. The highest BCUT2D eigenvalue weighted by Crippen LogP contribution is 2.29. The third kappa shape index (κ3) is 2.77. The summed E-state index contributed by atoms with van der Waals surface area (Å²) in [6, 6.07) is 10.5. The highest BCUT2D eigenvalue weighted by atomic mass is 32.2. The molecule has 0 aromatic heterocycles. The Morgan fingerprint density at radius 3 is 2.63 bits per heavy atom. The standard InChI is InChI=1S/C16H24N2S/c1-13-11-17-10-4-3-5-15(17)12-18(13)14-6-8-16(19-2)9-7-14/h6-9,13,15H,3-5,10-12H2,1-2H3. The maximum atomic E-state index is 2.71. The van der Waals surface area contributed by atoms with Crippen molar-refractivity contribution in [3.05, 3.63) is 24.3 Å². The first-order valence-corrected chi connectivity index (χ1v) is 8.65. The van der Waals surface area contributed by atoms with Crippen molar-refractivity contribution >= 4 is 17.4 Å². The van der Waals surface area contributed by atoms with Crippen LogP contribution in [0, 0.1) is 0 Å². The van der Waals surface area contributed by atoms with Gasteiger partial charge in [-0.05, 0) is 56.8 Å². The summed E-state index contributed by atoms with van der Waals surface area (Å²) in [7, 11) is 0. The molecule has 0 spiro atoms. The van der Waals surface area contributed by atoms with Crippen LogP contribution in [0.2, 0.25) is 0 Å². The molecule has 2 heterocycles. The van der Waals surface area contributed by atoms with E-state index < -0.39 is 0 Å². The van der Waals surface area contributed by atoms with Gasteiger partial charge in [-0.1, -0.05) is 6.42 Å². The molecule has 0 amide bonds. The number of thioether (sulfide) groups is 1. The SMILES string of the molecule is CSc1ccc(N2CC3CCCCN3CC2C)cc1. The minimum Gasteiger partial charge on any atom is -0.366 e. The third-order valence-electron chi connectivity index (χ3n) is 4.59. The van der Waals surface area contributed by atoms with Crippen LogP contribution in [0.5, 0.6) is 0 Å². The summed E-state index contributed by atoms with van der Waals surface area (Å²) in [4.78, 5) is 6.67. The molecule has 3 rings (SSSR count). The van der Waals surface area contributed by atoms with E-state index in [0.29, 0.717) is 6.04 Å². The number of fused-ring (bicyclic) bond motifs is 1. The fraction of sp³-hybridized carbons (Fsp3) is 0.625. The van der Waals surface area contributed by atoms with Crippen molar-refractivity contribution in [3.8, 4) is 0 Å². The van der Waals surface area contributed by atoms with Crippen molar-refractivity contribution in [1.82, 2.24) is 4.90 Å². The molecular formula is C16H24N2S. The molecule has 0 aliphatic carbocycles. The molecule has 19 heavy (non-hydrogen) atoms. The average Bonchev–Trinajstić information content (AvgIpc) is 2.47. The second-order valence-corrected chi connectivity index (χ2v) is 6.72. The first-order valence-electron chi connectivity index (χ1n) is 7.42. The highest BCUT2D eigenvalue weighted by molar-refractivity contribution is 7.98. The topological polar surface area (TPSA) is 6.48 Å². The molecule has 2 aliphatic heterocycles. The highest BCUT2D eigenvalue weighted by Gasteiger charge is 2.32. The van der Waals surface area contributed by atoms with Gasteiger partial charge < -0.3 is 4.90 Å². The van der Waals surface area contributed by atoms with Gasteiger partial charge in [0.25, 0.3) is 0 Å². The van der Waals surface area contributed by atoms with Crippen molar-refractivity contribution in [1.29, 1.82) is 0 Å². The molecule has 0 radical (unpaired) electrons. The molecule has 2 atom stereocenters. The number of hydrogen-bond acceptors (Lipinski definition) is 3. The maximum absolute atomic E-state index is 2.71. The predicted molar refractivity (Wildman–Crippen MR) is 84.2 cm³/mol. The number of nitrogens with zero attached hydrogens (tertiary/aromatic N) is 2. The summed E-state index contributed by atoms with van der Waals surface area (Å²) in [5.74, 6) is 0. The molecule has 2 nitrogen and oxygen atoms in total. The van der Waals surface area contributed by atoms with E-state index in [1.165, 1.54) is 49.5 Å². The molecule has 1 aromatic rings. The Bertz CT molecular complexity index is 417. The van der Waals surface area contributed by atoms with Crippen LogP contribution < -0.4 is 4.90 Å². The average molecular weight is 276 g/mol. The van der Waals surface area contributed by atoms with Crippen LogP contribution in [0.4, 0.5) is 5.69 Å². The van der Waals surface area contributed by atoms with Crippen LogP contribution in [-0.4, -0.2) is 42.9 Å². The lowest BCUT2D eigenvalue weighted by Gasteiger charge is -2.48. The monoisotopic (exact) mass is 276 g/mol. The van der Waals surface area contributed by atoms with Gasteiger partial charge in [-0.3, -0.25) is 4.90 Å². The summed E-state index contributed by atoms with van der Waals surface area (Å²) in [5, 5.41) is 0. The van der Waals surface area contributed by atoms with E-state index in [4.69, 9.17) is 0 Å². The van der Waals surface area contributed by atoms with Gasteiger partial charge in [-0.25, -0.2) is 0 Å². The van der Waals surface area contributed by atoms with Crippen molar-refractivity contribution < 1.29 is 0 Å². The van der Waals surface area contributed by atoms with E-state index in [-0.39, 0.29) is 0 Å². The van der Waals surface area contributed by atoms with Gasteiger partial charge in [0, 0.05) is 35.8 Å². The molecule has 0 N–H and O–H groups in total. The zero-order chi connectivity index (χ0) is 13.2. The molecule has 2 aliphatic rings. The summed E-state index contributed by atoms with van der Waals surface area (Å²) in [6.07, 6.45) is 6.32. The van der Waals surface area contributed by atoms with E-state index in [2.05, 4.69) is 47.2 Å². The van der Waals surface area contributed by atoms with Gasteiger partial charge >= 0.3 is 0 Å². The Kier molecular flexibility index (Phi) is 4.04. The van der Waals surface area contributed by atoms with Crippen molar-refractivity contribution in [3.63, 3.8) is 0 Å². The Morgan fingerprint density at radius 1 is 1.11 bits per heavy atom. The molecule has 104 valence electrons. The smallest absolute Gasteiger partial charge is 0.0389 e. The Labute approximate surface area is 121 Å². The lowest BCUT2D eigenvalue weighted by molar-refractivity contribution is 0.115. The van der Waals surface area contributed by atoms with E-state index in [9.17, 15) is 0 Å². The lowest BCUT2D eigenvalue weighted by Crippen LogP contribution is -2.58. The zero-order valence-electron chi connectivity index (χ0n) is 12.0. The third-order valence-corrected chi connectivity index (χ3v) is 5.33. The predicted octanol–water partition coefficient (Wildman–Crippen LogP) is 3.47. The van der Waals surface area contributed by atoms with Gasteiger partial charge in [0.1, 0.15) is 0 Å². The molecule has 1 aromatic carbocycles. The summed E-state index contributed by atoms with van der Waals surface area (Å²) < 4.78 is 0. The van der Waals surface area contributed by atoms with Gasteiger partial charge in [-0.2, -0.15) is 0 Å². The minimum atomic E-state index is 0.634. The number of rotatable bonds is 2. The van der Waals surface area contributed by atoms with Gasteiger partial charge in [0.05, 0.1) is 0 Å². The number of piperidine rings is 1. The number of hydrogen-bond donors (Lipinski definition) is 0. The van der Waals surface area contributed by atoms with Crippen LogP contribution in [0.25, 0.3) is 0 Å². The van der Waals surface area contributed by atoms with Gasteiger partial charge in [0.15, 0.2) is 0 Å². The minimum absolute atomic E-state index is 0.634. The van der Waals surface area contributed by atoms with E-state index in [0.717, 1.165) is 6.04 Å². The second kappa shape index (κ2) is 5.76. The normalized spacial score (nSPS) is 28.2. The first-order chi connectivity index (χ1) is 9.28. The van der Waals surface area contributed by atoms with Crippen LogP contribution >= 0.6 is 11.8 Å². The van der Waals surface area contributed by atoms with E-state index in [1.54, 1.807) is 0 Å². The van der Waals surface area contributed by atoms with Crippen molar-refractivity contribution in [2.75, 3.05) is 30.8 Å². The largest absolute Gasteiger partial charge is 0.366 e. The van der Waals surface area contributed by atoms with Crippen molar-refractivity contribution in [2.24, 2.45) is 0 Å². The fourth-order valence-electron chi connectivity index (χ4n) is 3.49.